The number of aromatic nitrogens is 3. The molecule has 0 unspecified atom stereocenters. The second-order valence-electron chi connectivity index (χ2n) is 6.17. The molecular formula is C19H14F3N3O3S. The van der Waals surface area contributed by atoms with Crippen molar-refractivity contribution in [1.82, 2.24) is 14.5 Å². The van der Waals surface area contributed by atoms with Crippen molar-refractivity contribution in [1.29, 1.82) is 0 Å². The lowest BCUT2D eigenvalue weighted by Crippen LogP contribution is -2.20. The number of oxazole rings is 1. The zero-order chi connectivity index (χ0) is 20.6. The summed E-state index contributed by atoms with van der Waals surface area (Å²) in [7, 11) is 0. The zero-order valence-corrected chi connectivity index (χ0v) is 15.9. The molecule has 0 saturated heterocycles. The molecule has 1 aromatic carbocycles. The molecule has 4 aromatic rings. The maximum Gasteiger partial charge on any atom is 0.449 e. The van der Waals surface area contributed by atoms with Crippen LogP contribution in [0.4, 0.5) is 13.2 Å². The van der Waals surface area contributed by atoms with E-state index in [2.05, 4.69) is 9.97 Å². The van der Waals surface area contributed by atoms with E-state index in [1.165, 1.54) is 23.5 Å². The fourth-order valence-corrected chi connectivity index (χ4v) is 3.49. The molecule has 6 nitrogen and oxygen atoms in total. The predicted octanol–water partition coefficient (Wildman–Crippen LogP) is 4.82. The van der Waals surface area contributed by atoms with Gasteiger partial charge in [0.05, 0.1) is 15.9 Å². The Labute approximate surface area is 166 Å². The number of carbonyl (C=O) groups is 1. The van der Waals surface area contributed by atoms with E-state index in [9.17, 15) is 18.0 Å². The van der Waals surface area contributed by atoms with Crippen molar-refractivity contribution in [3.63, 3.8) is 0 Å². The first-order valence-corrected chi connectivity index (χ1v) is 9.39. The van der Waals surface area contributed by atoms with Gasteiger partial charge in [-0.2, -0.15) is 13.2 Å². The SMILES string of the molecule is Cc1oc(-c2cccs2)nc1COC(=O)Cn1c(C(F)(F)F)nc2ccccc21. The normalized spacial score (nSPS) is 11.9. The molecule has 0 atom stereocenters. The van der Waals surface area contributed by atoms with Crippen molar-refractivity contribution < 1.29 is 27.1 Å². The van der Waals surface area contributed by atoms with E-state index < -0.39 is 24.5 Å². The van der Waals surface area contributed by atoms with E-state index in [4.69, 9.17) is 9.15 Å². The number of thiophene rings is 1. The van der Waals surface area contributed by atoms with Crippen LogP contribution in [0.2, 0.25) is 0 Å². The van der Waals surface area contributed by atoms with E-state index in [0.717, 1.165) is 9.44 Å². The summed E-state index contributed by atoms with van der Waals surface area (Å²) in [6, 6.07) is 9.78. The fourth-order valence-electron chi connectivity index (χ4n) is 2.84. The molecule has 0 N–H and O–H groups in total. The summed E-state index contributed by atoms with van der Waals surface area (Å²) in [5.74, 6) is -1.10. The smallest absolute Gasteiger partial charge is 0.449 e. The van der Waals surface area contributed by atoms with E-state index in [0.29, 0.717) is 17.3 Å². The highest BCUT2D eigenvalue weighted by molar-refractivity contribution is 7.13. The largest absolute Gasteiger partial charge is 0.458 e. The quantitative estimate of drug-likeness (QED) is 0.432. The molecule has 0 fully saturated rings. The van der Waals surface area contributed by atoms with Crippen molar-refractivity contribution in [3.05, 3.63) is 59.1 Å². The number of hydrogen-bond donors (Lipinski definition) is 0. The maximum absolute atomic E-state index is 13.3. The summed E-state index contributed by atoms with van der Waals surface area (Å²) < 4.78 is 51.5. The van der Waals surface area contributed by atoms with Crippen LogP contribution in [-0.4, -0.2) is 20.5 Å². The van der Waals surface area contributed by atoms with Gasteiger partial charge in [-0.15, -0.1) is 11.3 Å². The van der Waals surface area contributed by atoms with Crippen molar-refractivity contribution in [2.45, 2.75) is 26.3 Å². The van der Waals surface area contributed by atoms with Crippen molar-refractivity contribution >= 4 is 28.3 Å². The molecule has 0 radical (unpaired) electrons. The Bertz CT molecular complexity index is 1160. The molecule has 0 saturated carbocycles. The van der Waals surface area contributed by atoms with Crippen LogP contribution >= 0.6 is 11.3 Å². The summed E-state index contributed by atoms with van der Waals surface area (Å²) >= 11 is 1.45. The minimum absolute atomic E-state index is 0.153. The molecule has 29 heavy (non-hydrogen) atoms. The van der Waals surface area contributed by atoms with Crippen LogP contribution in [0.3, 0.4) is 0 Å². The van der Waals surface area contributed by atoms with Gasteiger partial charge in [0.1, 0.15) is 24.6 Å². The molecule has 0 spiro atoms. The van der Waals surface area contributed by atoms with Gasteiger partial charge >= 0.3 is 12.1 Å². The number of alkyl halides is 3. The van der Waals surface area contributed by atoms with Gasteiger partial charge in [-0.3, -0.25) is 4.79 Å². The summed E-state index contributed by atoms with van der Waals surface area (Å²) in [5.41, 5.74) is 0.767. The number of para-hydroxylation sites is 2. The summed E-state index contributed by atoms with van der Waals surface area (Å²) in [6.45, 7) is 0.857. The first-order chi connectivity index (χ1) is 13.8. The third kappa shape index (κ3) is 3.88. The molecule has 3 heterocycles. The van der Waals surface area contributed by atoms with E-state index in [1.807, 2.05) is 17.5 Å². The Kier molecular flexibility index (Phi) is 4.87. The lowest BCUT2D eigenvalue weighted by atomic mass is 10.3. The first kappa shape index (κ1) is 19.2. The van der Waals surface area contributed by atoms with Crippen LogP contribution in [-0.2, 0) is 28.9 Å². The minimum atomic E-state index is -4.70. The van der Waals surface area contributed by atoms with Gasteiger partial charge in [0.2, 0.25) is 11.7 Å². The number of fused-ring (bicyclic) bond motifs is 1. The molecule has 0 aliphatic carbocycles. The average molecular weight is 421 g/mol. The topological polar surface area (TPSA) is 70.2 Å². The molecular weight excluding hydrogens is 407 g/mol. The second kappa shape index (κ2) is 7.36. The van der Waals surface area contributed by atoms with Crippen LogP contribution < -0.4 is 0 Å². The first-order valence-electron chi connectivity index (χ1n) is 8.51. The Morgan fingerprint density at radius 1 is 1.21 bits per heavy atom. The monoisotopic (exact) mass is 421 g/mol. The van der Waals surface area contributed by atoms with Crippen LogP contribution in [0, 0.1) is 6.92 Å². The predicted molar refractivity (Wildman–Crippen MR) is 99.1 cm³/mol. The van der Waals surface area contributed by atoms with Gasteiger partial charge in [-0.05, 0) is 30.5 Å². The standard InChI is InChI=1S/C19H14F3N3O3S/c1-11-13(23-17(28-11)15-7-4-8-29-15)10-27-16(26)9-25-14-6-3-2-5-12(14)24-18(25)19(20,21)22/h2-8H,9-10H2,1H3. The van der Waals surface area contributed by atoms with Crippen LogP contribution in [0.5, 0.6) is 0 Å². The third-order valence-corrected chi connectivity index (χ3v) is 5.05. The number of benzene rings is 1. The van der Waals surface area contributed by atoms with Crippen LogP contribution in [0.15, 0.2) is 46.2 Å². The minimum Gasteiger partial charge on any atom is -0.458 e. The van der Waals surface area contributed by atoms with Gasteiger partial charge in [0, 0.05) is 0 Å². The number of rotatable bonds is 5. The number of esters is 1. The molecule has 150 valence electrons. The number of nitrogens with zero attached hydrogens (tertiary/aromatic N) is 3. The molecule has 4 rings (SSSR count). The highest BCUT2D eigenvalue weighted by Crippen LogP contribution is 2.31. The van der Waals surface area contributed by atoms with Crippen molar-refractivity contribution in [2.24, 2.45) is 0 Å². The molecule has 10 heteroatoms. The van der Waals surface area contributed by atoms with Crippen molar-refractivity contribution in [3.8, 4) is 10.8 Å². The Balaban J connectivity index is 1.51. The van der Waals surface area contributed by atoms with E-state index in [1.54, 1.807) is 19.1 Å². The van der Waals surface area contributed by atoms with E-state index in [-0.39, 0.29) is 17.6 Å². The van der Waals surface area contributed by atoms with Gasteiger partial charge in [0.25, 0.3) is 0 Å². The lowest BCUT2D eigenvalue weighted by Gasteiger charge is -2.11. The van der Waals surface area contributed by atoms with Gasteiger partial charge in [0.15, 0.2) is 0 Å². The van der Waals surface area contributed by atoms with Crippen LogP contribution in [0.25, 0.3) is 21.8 Å². The van der Waals surface area contributed by atoms with Crippen LogP contribution in [0.1, 0.15) is 17.3 Å². The maximum atomic E-state index is 13.3. The summed E-state index contributed by atoms with van der Waals surface area (Å²) in [4.78, 5) is 21.0. The average Bonchev–Trinajstić information content (AvgIpc) is 3.39. The Morgan fingerprint density at radius 2 is 2.00 bits per heavy atom. The molecule has 0 aliphatic heterocycles. The number of halogens is 3. The molecule has 0 aliphatic rings. The number of hydrogen-bond acceptors (Lipinski definition) is 6. The molecule has 3 aromatic heterocycles. The molecule has 0 amide bonds. The van der Waals surface area contributed by atoms with Crippen molar-refractivity contribution in [2.75, 3.05) is 0 Å². The Hall–Kier alpha value is -3.14. The number of aryl methyl sites for hydroxylation is 1. The zero-order valence-electron chi connectivity index (χ0n) is 15.1. The third-order valence-electron chi connectivity index (χ3n) is 4.19. The highest BCUT2D eigenvalue weighted by atomic mass is 32.1. The fraction of sp³-hybridized carbons (Fsp3) is 0.211. The second-order valence-corrected chi connectivity index (χ2v) is 7.12. The number of ether oxygens (including phenoxy) is 1. The van der Waals surface area contributed by atoms with Gasteiger partial charge in [-0.25, -0.2) is 9.97 Å². The van der Waals surface area contributed by atoms with Gasteiger partial charge < -0.3 is 13.7 Å². The highest BCUT2D eigenvalue weighted by Gasteiger charge is 2.38. The number of carbonyl (C=O) groups excluding carboxylic acids is 1. The lowest BCUT2D eigenvalue weighted by molar-refractivity contribution is -0.151. The Morgan fingerprint density at radius 3 is 2.72 bits per heavy atom. The summed E-state index contributed by atoms with van der Waals surface area (Å²) in [5, 5.41) is 1.88. The molecule has 0 bridgehead atoms. The van der Waals surface area contributed by atoms with Gasteiger partial charge in [-0.1, -0.05) is 18.2 Å². The number of imidazole rings is 1. The van der Waals surface area contributed by atoms with E-state index >= 15 is 0 Å². The summed E-state index contributed by atoms with van der Waals surface area (Å²) in [6.07, 6.45) is -4.70.